The van der Waals surface area contributed by atoms with Gasteiger partial charge in [-0.25, -0.2) is 0 Å². The summed E-state index contributed by atoms with van der Waals surface area (Å²) in [5.74, 6) is 0.288. The zero-order valence-electron chi connectivity index (χ0n) is 18.0. The number of aryl methyl sites for hydroxylation is 1. The molecule has 3 aliphatic rings. The molecular weight excluding hydrogens is 386 g/mol. The molecule has 31 heavy (non-hydrogen) atoms. The predicted octanol–water partition coefficient (Wildman–Crippen LogP) is 3.90. The van der Waals surface area contributed by atoms with Crippen LogP contribution in [0.25, 0.3) is 16.5 Å². The Balaban J connectivity index is 1.43. The van der Waals surface area contributed by atoms with Gasteiger partial charge in [-0.05, 0) is 74.0 Å². The highest BCUT2D eigenvalue weighted by atomic mass is 16.2. The van der Waals surface area contributed by atoms with Crippen molar-refractivity contribution in [3.05, 3.63) is 72.1 Å². The number of carbonyl (C=O) groups excluding carboxylic acids is 1. The molecule has 1 aromatic carbocycles. The van der Waals surface area contributed by atoms with Gasteiger partial charge in [0.05, 0.1) is 16.9 Å². The third-order valence-corrected chi connectivity index (χ3v) is 6.32. The summed E-state index contributed by atoms with van der Waals surface area (Å²) in [5, 5.41) is 11.8. The summed E-state index contributed by atoms with van der Waals surface area (Å²) in [6.07, 6.45) is 15.8. The Labute approximate surface area is 182 Å². The van der Waals surface area contributed by atoms with Gasteiger partial charge in [0, 0.05) is 30.6 Å². The number of rotatable bonds is 3. The normalized spacial score (nSPS) is 23.0. The number of amides is 1. The lowest BCUT2D eigenvalue weighted by molar-refractivity contribution is -0.124. The van der Waals surface area contributed by atoms with E-state index < -0.39 is 0 Å². The molecule has 4 heterocycles. The Morgan fingerprint density at radius 3 is 2.77 bits per heavy atom. The van der Waals surface area contributed by atoms with Gasteiger partial charge in [-0.3, -0.25) is 9.48 Å². The Hall–Kier alpha value is -3.25. The molecule has 0 unspecified atom stereocenters. The van der Waals surface area contributed by atoms with E-state index in [1.54, 1.807) is 15.8 Å². The lowest BCUT2D eigenvalue weighted by Gasteiger charge is -2.32. The maximum Gasteiger partial charge on any atom is 0.272 e. The number of aromatic nitrogens is 2. The Bertz CT molecular complexity index is 1170. The first-order chi connectivity index (χ1) is 15.1. The van der Waals surface area contributed by atoms with Gasteiger partial charge in [-0.2, -0.15) is 15.2 Å². The van der Waals surface area contributed by atoms with E-state index in [9.17, 15) is 4.79 Å². The molecule has 1 saturated heterocycles. The number of benzene rings is 1. The van der Waals surface area contributed by atoms with Crippen molar-refractivity contribution in [2.75, 3.05) is 19.6 Å². The molecule has 0 aliphatic carbocycles. The molecule has 6 heteroatoms. The molecule has 1 amide bonds. The standard InChI is InChI=1S/C25H27N5O/c1-3-29-13-11-18(12-14-29)23-10-8-22-6-4-5-19(16-25(31)30(22)27-23)20-7-9-24-21(15-20)17-28(2)26-24/h4-10,15-18H,3,11-14H2,1-2H3/b5-4+,19-16+,22-6?. The first-order valence-corrected chi connectivity index (χ1v) is 11.0. The van der Waals surface area contributed by atoms with Gasteiger partial charge in [-0.15, -0.1) is 0 Å². The number of hydrogen-bond acceptors (Lipinski definition) is 4. The maximum absolute atomic E-state index is 13.2. The molecule has 0 saturated carbocycles. The van der Waals surface area contributed by atoms with Crippen molar-refractivity contribution in [2.45, 2.75) is 19.8 Å². The summed E-state index contributed by atoms with van der Waals surface area (Å²) in [6.45, 7) is 5.48. The summed E-state index contributed by atoms with van der Waals surface area (Å²) < 4.78 is 1.80. The minimum atomic E-state index is -0.121. The average molecular weight is 414 g/mol. The van der Waals surface area contributed by atoms with Crippen molar-refractivity contribution in [1.82, 2.24) is 19.7 Å². The summed E-state index contributed by atoms with van der Waals surface area (Å²) in [4.78, 5) is 15.7. The van der Waals surface area contributed by atoms with Crippen molar-refractivity contribution < 1.29 is 4.79 Å². The number of fused-ring (bicyclic) bond motifs is 2. The number of allylic oxidation sites excluding steroid dienone is 6. The van der Waals surface area contributed by atoms with E-state index in [-0.39, 0.29) is 5.91 Å². The number of nitrogens with zero attached hydrogens (tertiary/aromatic N) is 5. The van der Waals surface area contributed by atoms with Gasteiger partial charge in [0.1, 0.15) is 0 Å². The van der Waals surface area contributed by atoms with E-state index in [2.05, 4.69) is 29.1 Å². The van der Waals surface area contributed by atoms with Crippen LogP contribution in [0.3, 0.4) is 0 Å². The third kappa shape index (κ3) is 3.91. The number of likely N-dealkylation sites (tertiary alicyclic amines) is 1. The van der Waals surface area contributed by atoms with Crippen LogP contribution in [0.1, 0.15) is 25.3 Å². The van der Waals surface area contributed by atoms with Crippen LogP contribution >= 0.6 is 0 Å². The van der Waals surface area contributed by atoms with E-state index in [0.717, 1.165) is 65.9 Å². The second-order valence-corrected chi connectivity index (χ2v) is 8.34. The number of hydrogen-bond donors (Lipinski definition) is 0. The first kappa shape index (κ1) is 19.7. The predicted molar refractivity (Wildman–Crippen MR) is 124 cm³/mol. The van der Waals surface area contributed by atoms with Crippen LogP contribution < -0.4 is 0 Å². The fourth-order valence-corrected chi connectivity index (χ4v) is 4.51. The van der Waals surface area contributed by atoms with Crippen LogP contribution in [0.5, 0.6) is 0 Å². The maximum atomic E-state index is 13.2. The van der Waals surface area contributed by atoms with Crippen molar-refractivity contribution in [2.24, 2.45) is 18.1 Å². The van der Waals surface area contributed by atoms with Gasteiger partial charge >= 0.3 is 0 Å². The SMILES string of the molecule is CCN1CCC(C2=NN3C(=O)/C=C(c4ccc5nn(C)cc5c4)\C=C\C=C3C=C2)CC1. The molecule has 0 atom stereocenters. The highest BCUT2D eigenvalue weighted by molar-refractivity contribution is 6.04. The smallest absolute Gasteiger partial charge is 0.272 e. The van der Waals surface area contributed by atoms with E-state index in [4.69, 9.17) is 5.10 Å². The van der Waals surface area contributed by atoms with Crippen molar-refractivity contribution in [3.63, 3.8) is 0 Å². The highest BCUT2D eigenvalue weighted by Crippen LogP contribution is 2.27. The minimum Gasteiger partial charge on any atom is -0.304 e. The Morgan fingerprint density at radius 2 is 1.97 bits per heavy atom. The van der Waals surface area contributed by atoms with Crippen LogP contribution in [0.15, 0.2) is 71.7 Å². The van der Waals surface area contributed by atoms with Crippen molar-refractivity contribution >= 4 is 28.1 Å². The Kier molecular flexibility index (Phi) is 5.16. The molecule has 158 valence electrons. The van der Waals surface area contributed by atoms with Crippen molar-refractivity contribution in [1.29, 1.82) is 0 Å². The van der Waals surface area contributed by atoms with Crippen LogP contribution in [-0.4, -0.2) is 50.9 Å². The van der Waals surface area contributed by atoms with Crippen LogP contribution in [0.4, 0.5) is 0 Å². The van der Waals surface area contributed by atoms with Crippen LogP contribution in [0.2, 0.25) is 0 Å². The molecule has 0 N–H and O–H groups in total. The van der Waals surface area contributed by atoms with E-state index in [1.807, 2.05) is 49.7 Å². The second-order valence-electron chi connectivity index (χ2n) is 8.34. The molecule has 1 aromatic heterocycles. The molecule has 1 fully saturated rings. The average Bonchev–Trinajstić information content (AvgIpc) is 3.16. The molecule has 0 bridgehead atoms. The van der Waals surface area contributed by atoms with Gasteiger partial charge in [0.15, 0.2) is 0 Å². The third-order valence-electron chi connectivity index (χ3n) is 6.32. The van der Waals surface area contributed by atoms with Gasteiger partial charge < -0.3 is 4.90 Å². The number of hydrazone groups is 1. The lowest BCUT2D eigenvalue weighted by Crippen LogP contribution is -2.37. The van der Waals surface area contributed by atoms with Crippen molar-refractivity contribution in [3.8, 4) is 0 Å². The monoisotopic (exact) mass is 413 g/mol. The molecule has 0 radical (unpaired) electrons. The summed E-state index contributed by atoms with van der Waals surface area (Å²) in [6, 6.07) is 6.08. The summed E-state index contributed by atoms with van der Waals surface area (Å²) in [5.41, 5.74) is 4.62. The zero-order chi connectivity index (χ0) is 21.4. The minimum absolute atomic E-state index is 0.121. The molecule has 0 spiro atoms. The number of carbonyl (C=O) groups is 1. The molecular formula is C25H27N5O. The molecule has 6 nitrogen and oxygen atoms in total. The Morgan fingerprint density at radius 1 is 1.13 bits per heavy atom. The first-order valence-electron chi connectivity index (χ1n) is 11.0. The second kappa shape index (κ2) is 8.12. The largest absolute Gasteiger partial charge is 0.304 e. The topological polar surface area (TPSA) is 53.7 Å². The van der Waals surface area contributed by atoms with E-state index in [0.29, 0.717) is 5.92 Å². The molecule has 2 aromatic rings. The number of piperidine rings is 1. The molecule has 5 rings (SSSR count). The zero-order valence-corrected chi connectivity index (χ0v) is 18.0. The van der Waals surface area contributed by atoms with Gasteiger partial charge in [-0.1, -0.05) is 25.1 Å². The van der Waals surface area contributed by atoms with E-state index >= 15 is 0 Å². The van der Waals surface area contributed by atoms with Crippen LogP contribution in [-0.2, 0) is 11.8 Å². The van der Waals surface area contributed by atoms with Gasteiger partial charge in [0.25, 0.3) is 5.91 Å². The molecule has 3 aliphatic heterocycles. The summed E-state index contributed by atoms with van der Waals surface area (Å²) in [7, 11) is 1.91. The fraction of sp³-hybridized carbons (Fsp3) is 0.320. The fourth-order valence-electron chi connectivity index (χ4n) is 4.51. The highest BCUT2D eigenvalue weighted by Gasteiger charge is 2.26. The quantitative estimate of drug-likeness (QED) is 0.767. The van der Waals surface area contributed by atoms with Crippen LogP contribution in [0, 0.1) is 5.92 Å². The summed E-state index contributed by atoms with van der Waals surface area (Å²) >= 11 is 0. The van der Waals surface area contributed by atoms with Gasteiger partial charge in [0.2, 0.25) is 0 Å². The van der Waals surface area contributed by atoms with E-state index in [1.165, 1.54) is 0 Å². The lowest BCUT2D eigenvalue weighted by atomic mass is 9.91.